The highest BCUT2D eigenvalue weighted by atomic mass is 32.1. The lowest BCUT2D eigenvalue weighted by atomic mass is 10.2. The second-order valence-corrected chi connectivity index (χ2v) is 8.83. The van der Waals surface area contributed by atoms with Gasteiger partial charge in [0, 0.05) is 24.8 Å². The van der Waals surface area contributed by atoms with Crippen LogP contribution < -0.4 is 15.5 Å². The van der Waals surface area contributed by atoms with Gasteiger partial charge in [0.2, 0.25) is 0 Å². The van der Waals surface area contributed by atoms with E-state index in [1.807, 2.05) is 4.90 Å². The number of amides is 2. The maximum atomic E-state index is 13.5. The Balaban J connectivity index is 1.40. The van der Waals surface area contributed by atoms with Gasteiger partial charge in [-0.25, -0.2) is 19.3 Å². The first-order chi connectivity index (χ1) is 17.1. The molecule has 1 fully saturated rings. The number of nitrogens with zero attached hydrogens (tertiary/aromatic N) is 4. The molecule has 2 amide bonds. The van der Waals surface area contributed by atoms with Gasteiger partial charge in [0.15, 0.2) is 0 Å². The number of alkyl halides is 3. The number of benzene rings is 1. The van der Waals surface area contributed by atoms with Crippen molar-refractivity contribution in [3.8, 4) is 0 Å². The van der Waals surface area contributed by atoms with Crippen molar-refractivity contribution in [1.29, 1.82) is 0 Å². The molecule has 3 aromatic rings. The van der Waals surface area contributed by atoms with Crippen molar-refractivity contribution in [3.05, 3.63) is 63.7 Å². The third-order valence-corrected chi connectivity index (χ3v) is 6.39. The summed E-state index contributed by atoms with van der Waals surface area (Å²) in [6.07, 6.45) is -2.36. The fourth-order valence-electron chi connectivity index (χ4n) is 3.37. The number of hydrogen-bond donors (Lipinski definition) is 2. The highest BCUT2D eigenvalue weighted by Crippen LogP contribution is 2.33. The first-order valence-electron chi connectivity index (χ1n) is 10.7. The Morgan fingerprint density at radius 1 is 1.11 bits per heavy atom. The molecule has 1 aliphatic rings. The molecule has 9 nitrogen and oxygen atoms in total. The van der Waals surface area contributed by atoms with Gasteiger partial charge in [-0.1, -0.05) is 0 Å². The molecule has 1 saturated heterocycles. The van der Waals surface area contributed by atoms with Crippen molar-refractivity contribution in [3.63, 3.8) is 0 Å². The first kappa shape index (κ1) is 25.4. The minimum atomic E-state index is -4.90. The van der Waals surface area contributed by atoms with E-state index < -0.39 is 35.4 Å². The molecule has 0 bridgehead atoms. The molecule has 1 unspecified atom stereocenters. The molecule has 2 aromatic heterocycles. The molecule has 36 heavy (non-hydrogen) atoms. The van der Waals surface area contributed by atoms with Crippen molar-refractivity contribution < 1.29 is 31.9 Å². The summed E-state index contributed by atoms with van der Waals surface area (Å²) in [7, 11) is 0. The first-order valence-corrected chi connectivity index (χ1v) is 11.5. The Hall–Kier alpha value is -3.65. The average molecular weight is 524 g/mol. The van der Waals surface area contributed by atoms with Crippen LogP contribution in [0.1, 0.15) is 43.7 Å². The standard InChI is InChI=1S/C22H20F4N6O3S/c1-12(30-19(33)16-9-18(29-11-28-16)32-4-6-35-7-5-32)21-27-10-17(36-21)20(34)31-13-2-3-15(23)14(8-13)22(24,25)26/h2-3,8-12H,4-7H2,1H3,(H,30,33)(H,31,34). The number of carbonyl (C=O) groups excluding carboxylic acids is 2. The topological polar surface area (TPSA) is 109 Å². The van der Waals surface area contributed by atoms with Crippen molar-refractivity contribution in [2.75, 3.05) is 36.5 Å². The zero-order valence-electron chi connectivity index (χ0n) is 18.8. The third-order valence-electron chi connectivity index (χ3n) is 5.22. The van der Waals surface area contributed by atoms with Gasteiger partial charge in [0.25, 0.3) is 11.8 Å². The summed E-state index contributed by atoms with van der Waals surface area (Å²) in [4.78, 5) is 39.7. The van der Waals surface area contributed by atoms with Gasteiger partial charge in [-0.05, 0) is 25.1 Å². The average Bonchev–Trinajstić information content (AvgIpc) is 3.36. The quantitative estimate of drug-likeness (QED) is 0.474. The van der Waals surface area contributed by atoms with E-state index in [1.54, 1.807) is 13.0 Å². The number of morpholine rings is 1. The van der Waals surface area contributed by atoms with Crippen LogP contribution in [0.25, 0.3) is 0 Å². The van der Waals surface area contributed by atoms with Crippen molar-refractivity contribution in [1.82, 2.24) is 20.3 Å². The van der Waals surface area contributed by atoms with E-state index in [2.05, 4.69) is 25.6 Å². The van der Waals surface area contributed by atoms with E-state index in [9.17, 15) is 27.2 Å². The van der Waals surface area contributed by atoms with Crippen LogP contribution in [0, 0.1) is 5.82 Å². The predicted octanol–water partition coefficient (Wildman–Crippen LogP) is 3.67. The monoisotopic (exact) mass is 524 g/mol. The van der Waals surface area contributed by atoms with Gasteiger partial charge >= 0.3 is 6.18 Å². The highest BCUT2D eigenvalue weighted by molar-refractivity contribution is 7.13. The summed E-state index contributed by atoms with van der Waals surface area (Å²) in [5, 5.41) is 5.45. The lowest BCUT2D eigenvalue weighted by molar-refractivity contribution is -0.139. The maximum absolute atomic E-state index is 13.5. The molecule has 14 heteroatoms. The molecule has 190 valence electrons. The van der Waals surface area contributed by atoms with Crippen LogP contribution in [0.4, 0.5) is 29.1 Å². The second kappa shape index (κ2) is 10.5. The summed E-state index contributed by atoms with van der Waals surface area (Å²) >= 11 is 0.955. The van der Waals surface area contributed by atoms with E-state index in [0.29, 0.717) is 49.3 Å². The Morgan fingerprint density at radius 3 is 2.58 bits per heavy atom. The SMILES string of the molecule is CC(NC(=O)c1cc(N2CCOCC2)ncn1)c1ncc(C(=O)Nc2ccc(F)c(C(F)(F)F)c2)s1. The van der Waals surface area contributed by atoms with Crippen LogP contribution in [0.2, 0.25) is 0 Å². The maximum Gasteiger partial charge on any atom is 0.419 e. The minimum absolute atomic E-state index is 0.0978. The van der Waals surface area contributed by atoms with E-state index >= 15 is 0 Å². The number of carbonyl (C=O) groups is 2. The van der Waals surface area contributed by atoms with E-state index in [-0.39, 0.29) is 16.3 Å². The van der Waals surface area contributed by atoms with Crippen LogP contribution in [-0.4, -0.2) is 53.1 Å². The third kappa shape index (κ3) is 5.94. The van der Waals surface area contributed by atoms with Gasteiger partial charge in [-0.2, -0.15) is 13.2 Å². The lowest BCUT2D eigenvalue weighted by Crippen LogP contribution is -2.37. The minimum Gasteiger partial charge on any atom is -0.378 e. The number of thiazole rings is 1. The van der Waals surface area contributed by atoms with Gasteiger partial charge in [0.05, 0.1) is 31.0 Å². The van der Waals surface area contributed by atoms with Crippen LogP contribution in [0.15, 0.2) is 36.8 Å². The van der Waals surface area contributed by atoms with E-state index in [4.69, 9.17) is 4.74 Å². The molecule has 4 rings (SSSR count). The molecule has 0 spiro atoms. The molecule has 3 heterocycles. The Bertz CT molecular complexity index is 1260. The summed E-state index contributed by atoms with van der Waals surface area (Å²) in [6.45, 7) is 4.08. The molecule has 1 aliphatic heterocycles. The summed E-state index contributed by atoms with van der Waals surface area (Å²) in [6, 6.07) is 3.16. The molecular weight excluding hydrogens is 504 g/mol. The van der Waals surface area contributed by atoms with Crippen molar-refractivity contribution >= 4 is 34.7 Å². The molecule has 1 atom stereocenters. The zero-order valence-corrected chi connectivity index (χ0v) is 19.6. The zero-order chi connectivity index (χ0) is 25.9. The smallest absolute Gasteiger partial charge is 0.378 e. The molecule has 0 aliphatic carbocycles. The summed E-state index contributed by atoms with van der Waals surface area (Å²) < 4.78 is 57.5. The molecule has 0 saturated carbocycles. The summed E-state index contributed by atoms with van der Waals surface area (Å²) in [5.41, 5.74) is -1.54. The number of rotatable bonds is 6. The Morgan fingerprint density at radius 2 is 1.86 bits per heavy atom. The van der Waals surface area contributed by atoms with Crippen LogP contribution >= 0.6 is 11.3 Å². The van der Waals surface area contributed by atoms with Gasteiger partial charge in [0.1, 0.15) is 33.5 Å². The summed E-state index contributed by atoms with van der Waals surface area (Å²) in [5.74, 6) is -2.02. The second-order valence-electron chi connectivity index (χ2n) is 7.77. The van der Waals surface area contributed by atoms with Crippen LogP contribution in [0.5, 0.6) is 0 Å². The van der Waals surface area contributed by atoms with Gasteiger partial charge in [-0.15, -0.1) is 11.3 Å². The van der Waals surface area contributed by atoms with Gasteiger partial charge < -0.3 is 20.3 Å². The molecular formula is C22H20F4N6O3S. The van der Waals surface area contributed by atoms with Gasteiger partial charge in [-0.3, -0.25) is 9.59 Å². The fraction of sp³-hybridized carbons (Fsp3) is 0.318. The number of ether oxygens (including phenoxy) is 1. The van der Waals surface area contributed by atoms with E-state index in [0.717, 1.165) is 17.4 Å². The molecule has 1 aromatic carbocycles. The number of nitrogens with one attached hydrogen (secondary N) is 2. The number of aromatic nitrogens is 3. The molecule has 2 N–H and O–H groups in total. The normalized spacial score (nSPS) is 14.9. The highest BCUT2D eigenvalue weighted by Gasteiger charge is 2.34. The Labute approximate surface area is 206 Å². The van der Waals surface area contributed by atoms with Crippen molar-refractivity contribution in [2.45, 2.75) is 19.1 Å². The number of halogens is 4. The van der Waals surface area contributed by atoms with E-state index in [1.165, 1.54) is 12.5 Å². The number of anilines is 2. The lowest BCUT2D eigenvalue weighted by Gasteiger charge is -2.27. The number of hydrogen-bond acceptors (Lipinski definition) is 8. The fourth-order valence-corrected chi connectivity index (χ4v) is 4.19. The Kier molecular flexibility index (Phi) is 7.45. The van der Waals surface area contributed by atoms with Crippen molar-refractivity contribution in [2.24, 2.45) is 0 Å². The van der Waals surface area contributed by atoms with Crippen LogP contribution in [0.3, 0.4) is 0 Å². The predicted molar refractivity (Wildman–Crippen MR) is 122 cm³/mol. The largest absolute Gasteiger partial charge is 0.419 e. The molecule has 0 radical (unpaired) electrons. The van der Waals surface area contributed by atoms with Crippen LogP contribution in [-0.2, 0) is 10.9 Å².